The summed E-state index contributed by atoms with van der Waals surface area (Å²) in [5.74, 6) is -5.16. The summed E-state index contributed by atoms with van der Waals surface area (Å²) in [6, 6.07) is 7.86. The van der Waals surface area contributed by atoms with Crippen LogP contribution in [0, 0.1) is 17.5 Å². The SMILES string of the molecule is OCCNc1nc(Nc2ccc(F)c(F)c2F)cc(-c2cccc(OC(F)(F)F)c2)n1. The monoisotopic (exact) mass is 444 g/mol. The molecule has 0 amide bonds. The number of benzene rings is 2. The van der Waals surface area contributed by atoms with E-state index in [9.17, 15) is 26.3 Å². The Morgan fingerprint density at radius 2 is 1.74 bits per heavy atom. The molecule has 0 atom stereocenters. The van der Waals surface area contributed by atoms with Crippen LogP contribution in [-0.2, 0) is 0 Å². The average Bonchev–Trinajstić information content (AvgIpc) is 2.71. The number of nitrogens with zero attached hydrogens (tertiary/aromatic N) is 2. The van der Waals surface area contributed by atoms with E-state index < -0.39 is 35.3 Å². The molecule has 3 aromatic rings. The van der Waals surface area contributed by atoms with Gasteiger partial charge in [0.25, 0.3) is 0 Å². The van der Waals surface area contributed by atoms with Gasteiger partial charge in [0.15, 0.2) is 17.5 Å². The van der Waals surface area contributed by atoms with Crippen molar-refractivity contribution in [1.82, 2.24) is 9.97 Å². The van der Waals surface area contributed by atoms with Crippen molar-refractivity contribution in [3.8, 4) is 17.0 Å². The molecule has 0 bridgehead atoms. The summed E-state index contributed by atoms with van der Waals surface area (Å²) in [5, 5.41) is 14.1. The maximum Gasteiger partial charge on any atom is 0.573 e. The highest BCUT2D eigenvalue weighted by Gasteiger charge is 2.31. The molecule has 0 spiro atoms. The molecule has 31 heavy (non-hydrogen) atoms. The van der Waals surface area contributed by atoms with E-state index in [1.165, 1.54) is 18.2 Å². The van der Waals surface area contributed by atoms with Crippen LogP contribution in [0.3, 0.4) is 0 Å². The number of alkyl halides is 3. The molecule has 0 aliphatic rings. The van der Waals surface area contributed by atoms with Crippen molar-refractivity contribution in [2.45, 2.75) is 6.36 Å². The zero-order valence-corrected chi connectivity index (χ0v) is 15.5. The Hall–Kier alpha value is -3.54. The molecule has 0 unspecified atom stereocenters. The van der Waals surface area contributed by atoms with Gasteiger partial charge in [-0.25, -0.2) is 18.2 Å². The van der Waals surface area contributed by atoms with E-state index in [1.807, 2.05) is 0 Å². The molecule has 1 heterocycles. The van der Waals surface area contributed by atoms with Crippen LogP contribution in [-0.4, -0.2) is 34.6 Å². The summed E-state index contributed by atoms with van der Waals surface area (Å²) in [6.07, 6.45) is -4.89. The summed E-state index contributed by atoms with van der Waals surface area (Å²) in [6.45, 7) is -0.233. The smallest absolute Gasteiger partial charge is 0.406 e. The van der Waals surface area contributed by atoms with Gasteiger partial charge in [-0.1, -0.05) is 12.1 Å². The van der Waals surface area contributed by atoms with Crippen LogP contribution in [0.5, 0.6) is 5.75 Å². The van der Waals surface area contributed by atoms with Crippen molar-refractivity contribution in [2.75, 3.05) is 23.8 Å². The first-order valence-corrected chi connectivity index (χ1v) is 8.67. The number of hydrogen-bond donors (Lipinski definition) is 3. The maximum atomic E-state index is 14.0. The first kappa shape index (κ1) is 22.2. The van der Waals surface area contributed by atoms with E-state index in [-0.39, 0.29) is 36.2 Å². The average molecular weight is 444 g/mol. The summed E-state index contributed by atoms with van der Waals surface area (Å²) < 4.78 is 82.0. The van der Waals surface area contributed by atoms with Gasteiger partial charge >= 0.3 is 6.36 Å². The van der Waals surface area contributed by atoms with Gasteiger partial charge in [0, 0.05) is 18.2 Å². The van der Waals surface area contributed by atoms with Crippen LogP contribution >= 0.6 is 0 Å². The topological polar surface area (TPSA) is 79.3 Å². The minimum atomic E-state index is -4.89. The molecule has 0 aliphatic carbocycles. The third-order valence-electron chi connectivity index (χ3n) is 3.78. The number of rotatable bonds is 7. The lowest BCUT2D eigenvalue weighted by molar-refractivity contribution is -0.274. The lowest BCUT2D eigenvalue weighted by atomic mass is 10.1. The van der Waals surface area contributed by atoms with Gasteiger partial charge in [-0.05, 0) is 24.3 Å². The van der Waals surface area contributed by atoms with E-state index in [2.05, 4.69) is 25.3 Å². The van der Waals surface area contributed by atoms with Crippen molar-refractivity contribution >= 4 is 17.5 Å². The van der Waals surface area contributed by atoms with Crippen LogP contribution in [0.4, 0.5) is 43.8 Å². The Bertz CT molecular complexity index is 1080. The molecule has 0 saturated heterocycles. The van der Waals surface area contributed by atoms with E-state index >= 15 is 0 Å². The number of hydrogen-bond acceptors (Lipinski definition) is 6. The third-order valence-corrected chi connectivity index (χ3v) is 3.78. The number of halogens is 6. The number of aliphatic hydroxyl groups excluding tert-OH is 1. The molecular formula is C19H14F6N4O2. The fourth-order valence-corrected chi connectivity index (χ4v) is 2.52. The van der Waals surface area contributed by atoms with Crippen LogP contribution < -0.4 is 15.4 Å². The molecule has 6 nitrogen and oxygen atoms in total. The maximum absolute atomic E-state index is 14.0. The van der Waals surface area contributed by atoms with Gasteiger partial charge in [-0.2, -0.15) is 4.98 Å². The first-order chi connectivity index (χ1) is 14.7. The van der Waals surface area contributed by atoms with Gasteiger partial charge in [0.1, 0.15) is 11.6 Å². The summed E-state index contributed by atoms with van der Waals surface area (Å²) in [5.41, 5.74) is -0.121. The second kappa shape index (κ2) is 9.08. The minimum absolute atomic E-state index is 0.0413. The predicted molar refractivity (Wildman–Crippen MR) is 99.3 cm³/mol. The normalized spacial score (nSPS) is 11.3. The highest BCUT2D eigenvalue weighted by molar-refractivity contribution is 5.68. The van der Waals surface area contributed by atoms with Crippen molar-refractivity contribution < 1.29 is 36.2 Å². The van der Waals surface area contributed by atoms with E-state index in [4.69, 9.17) is 5.11 Å². The molecule has 3 N–H and O–H groups in total. The zero-order valence-electron chi connectivity index (χ0n) is 15.5. The van der Waals surface area contributed by atoms with Crippen LogP contribution in [0.1, 0.15) is 0 Å². The van der Waals surface area contributed by atoms with Gasteiger partial charge in [0.2, 0.25) is 5.95 Å². The second-order valence-electron chi connectivity index (χ2n) is 6.04. The Morgan fingerprint density at radius 1 is 0.968 bits per heavy atom. The molecule has 2 aromatic carbocycles. The minimum Gasteiger partial charge on any atom is -0.406 e. The second-order valence-corrected chi connectivity index (χ2v) is 6.04. The third kappa shape index (κ3) is 5.75. The molecule has 3 rings (SSSR count). The fourth-order valence-electron chi connectivity index (χ4n) is 2.52. The lowest BCUT2D eigenvalue weighted by Gasteiger charge is -2.13. The van der Waals surface area contributed by atoms with Gasteiger partial charge in [-0.3, -0.25) is 0 Å². The van der Waals surface area contributed by atoms with Crippen molar-refractivity contribution in [3.63, 3.8) is 0 Å². The van der Waals surface area contributed by atoms with Crippen LogP contribution in [0.25, 0.3) is 11.3 Å². The summed E-state index contributed by atoms with van der Waals surface area (Å²) >= 11 is 0. The van der Waals surface area contributed by atoms with E-state index in [0.29, 0.717) is 6.07 Å². The van der Waals surface area contributed by atoms with Crippen LogP contribution in [0.15, 0.2) is 42.5 Å². The van der Waals surface area contributed by atoms with Gasteiger partial charge in [-0.15, -0.1) is 13.2 Å². The largest absolute Gasteiger partial charge is 0.573 e. The first-order valence-electron chi connectivity index (χ1n) is 8.67. The van der Waals surface area contributed by atoms with E-state index in [0.717, 1.165) is 18.2 Å². The highest BCUT2D eigenvalue weighted by atomic mass is 19.4. The van der Waals surface area contributed by atoms with Gasteiger partial charge in [0.05, 0.1) is 18.0 Å². The quantitative estimate of drug-likeness (QED) is 0.365. The molecule has 12 heteroatoms. The standard InChI is InChI=1S/C19H14F6N4O2/c20-12-4-5-13(17(22)16(12)21)27-15-9-14(28-18(29-15)26-6-7-30)10-2-1-3-11(8-10)31-19(23,24)25/h1-5,8-9,30H,6-7H2,(H2,26,27,28,29). The number of nitrogens with one attached hydrogen (secondary N) is 2. The number of aromatic nitrogens is 2. The molecule has 0 fully saturated rings. The lowest BCUT2D eigenvalue weighted by Crippen LogP contribution is -2.17. The molecule has 164 valence electrons. The Morgan fingerprint density at radius 3 is 2.45 bits per heavy atom. The Labute approximate surface area is 171 Å². The van der Waals surface area contributed by atoms with Crippen molar-refractivity contribution in [2.24, 2.45) is 0 Å². The molecular weight excluding hydrogens is 430 g/mol. The number of anilines is 3. The van der Waals surface area contributed by atoms with Crippen molar-refractivity contribution in [3.05, 3.63) is 59.9 Å². The molecule has 0 saturated carbocycles. The van der Waals surface area contributed by atoms with Gasteiger partial charge < -0.3 is 20.5 Å². The fraction of sp³-hybridized carbons (Fsp3) is 0.158. The van der Waals surface area contributed by atoms with Crippen molar-refractivity contribution in [1.29, 1.82) is 0 Å². The predicted octanol–water partition coefficient (Wildman–Crippen LogP) is 4.61. The zero-order chi connectivity index (χ0) is 22.6. The van der Waals surface area contributed by atoms with E-state index in [1.54, 1.807) is 0 Å². The summed E-state index contributed by atoms with van der Waals surface area (Å²) in [4.78, 5) is 8.16. The molecule has 0 aliphatic heterocycles. The highest BCUT2D eigenvalue weighted by Crippen LogP contribution is 2.30. The molecule has 1 aromatic heterocycles. The Balaban J connectivity index is 2.00. The van der Waals surface area contributed by atoms with Crippen LogP contribution in [0.2, 0.25) is 0 Å². The number of aliphatic hydroxyl groups is 1. The number of ether oxygens (including phenoxy) is 1. The Kier molecular flexibility index (Phi) is 6.49. The summed E-state index contributed by atoms with van der Waals surface area (Å²) in [7, 11) is 0. The molecule has 0 radical (unpaired) electrons.